The molecule has 17 heavy (non-hydrogen) atoms. The highest BCUT2D eigenvalue weighted by molar-refractivity contribution is 5.76. The van der Waals surface area contributed by atoms with E-state index in [0.29, 0.717) is 29.6 Å². The molecule has 92 valence electrons. The van der Waals surface area contributed by atoms with Crippen LogP contribution in [0.3, 0.4) is 0 Å². The van der Waals surface area contributed by atoms with Crippen molar-refractivity contribution in [2.24, 2.45) is 5.92 Å². The van der Waals surface area contributed by atoms with E-state index >= 15 is 0 Å². The Bertz CT molecular complexity index is 494. The van der Waals surface area contributed by atoms with Crippen molar-refractivity contribution < 1.29 is 4.74 Å². The molecule has 0 radical (unpaired) electrons. The van der Waals surface area contributed by atoms with Crippen LogP contribution in [0.1, 0.15) is 26.7 Å². The van der Waals surface area contributed by atoms with Gasteiger partial charge in [0.15, 0.2) is 5.65 Å². The van der Waals surface area contributed by atoms with Gasteiger partial charge in [0, 0.05) is 0 Å². The molecule has 0 amide bonds. The molecule has 0 saturated carbocycles. The van der Waals surface area contributed by atoms with E-state index in [1.807, 2.05) is 0 Å². The van der Waals surface area contributed by atoms with Crippen LogP contribution in [0.2, 0.25) is 0 Å². The highest BCUT2D eigenvalue weighted by atomic mass is 16.5. The Kier molecular flexibility index (Phi) is 3.41. The third-order valence-corrected chi connectivity index (χ3v) is 2.43. The van der Waals surface area contributed by atoms with Crippen LogP contribution in [-0.4, -0.2) is 26.5 Å². The number of hydrogen-bond acceptors (Lipinski definition) is 5. The fourth-order valence-corrected chi connectivity index (χ4v) is 1.59. The van der Waals surface area contributed by atoms with Crippen LogP contribution >= 0.6 is 0 Å². The van der Waals surface area contributed by atoms with Crippen LogP contribution in [0.25, 0.3) is 11.2 Å². The van der Waals surface area contributed by atoms with Gasteiger partial charge in [-0.2, -0.15) is 9.97 Å². The molecular formula is C11H17N5O. The number of fused-ring (bicyclic) bond motifs is 1. The fraction of sp³-hybridized carbons (Fsp3) is 0.545. The number of nitrogens with zero attached hydrogens (tertiary/aromatic N) is 3. The number of hydrogen-bond donors (Lipinski definition) is 2. The third kappa shape index (κ3) is 2.83. The first-order valence-corrected chi connectivity index (χ1v) is 5.76. The molecule has 2 heterocycles. The predicted molar refractivity (Wildman–Crippen MR) is 65.7 cm³/mol. The Hall–Kier alpha value is -1.85. The van der Waals surface area contributed by atoms with E-state index in [0.717, 1.165) is 12.8 Å². The van der Waals surface area contributed by atoms with E-state index in [1.54, 1.807) is 6.33 Å². The van der Waals surface area contributed by atoms with Crippen LogP contribution in [-0.2, 0) is 0 Å². The molecule has 0 aromatic carbocycles. The zero-order valence-corrected chi connectivity index (χ0v) is 10.1. The molecule has 0 aliphatic rings. The molecule has 2 aromatic rings. The van der Waals surface area contributed by atoms with Crippen molar-refractivity contribution in [1.29, 1.82) is 0 Å². The minimum Gasteiger partial charge on any atom is -0.476 e. The largest absolute Gasteiger partial charge is 0.476 e. The summed E-state index contributed by atoms with van der Waals surface area (Å²) in [5.74, 6) is 1.35. The number of aromatic amines is 1. The molecule has 3 N–H and O–H groups in total. The molecule has 0 fully saturated rings. The van der Waals surface area contributed by atoms with E-state index in [4.69, 9.17) is 10.5 Å². The maximum absolute atomic E-state index is 5.61. The Morgan fingerprint density at radius 2 is 2.24 bits per heavy atom. The number of aromatic nitrogens is 4. The first-order chi connectivity index (χ1) is 8.16. The summed E-state index contributed by atoms with van der Waals surface area (Å²) in [7, 11) is 0. The Balaban J connectivity index is 2.04. The quantitative estimate of drug-likeness (QED) is 0.770. The van der Waals surface area contributed by atoms with E-state index in [-0.39, 0.29) is 5.95 Å². The molecule has 2 aromatic heterocycles. The van der Waals surface area contributed by atoms with Gasteiger partial charge in [0.05, 0.1) is 12.9 Å². The molecule has 6 nitrogen and oxygen atoms in total. The van der Waals surface area contributed by atoms with Gasteiger partial charge in [-0.05, 0) is 18.8 Å². The molecule has 0 aliphatic heterocycles. The minimum absolute atomic E-state index is 0.184. The number of nitrogens with two attached hydrogens (primary N) is 1. The van der Waals surface area contributed by atoms with Gasteiger partial charge >= 0.3 is 0 Å². The van der Waals surface area contributed by atoms with Crippen LogP contribution in [0.5, 0.6) is 5.88 Å². The van der Waals surface area contributed by atoms with Crippen LogP contribution < -0.4 is 10.5 Å². The van der Waals surface area contributed by atoms with Gasteiger partial charge in [-0.1, -0.05) is 13.8 Å². The summed E-state index contributed by atoms with van der Waals surface area (Å²) in [6.45, 7) is 5.01. The van der Waals surface area contributed by atoms with Crippen molar-refractivity contribution in [2.75, 3.05) is 12.3 Å². The third-order valence-electron chi connectivity index (χ3n) is 2.43. The number of ether oxygens (including phenoxy) is 1. The second kappa shape index (κ2) is 4.99. The fourth-order valence-electron chi connectivity index (χ4n) is 1.59. The van der Waals surface area contributed by atoms with Crippen LogP contribution in [0, 0.1) is 5.92 Å². The van der Waals surface area contributed by atoms with Crippen LogP contribution in [0.4, 0.5) is 5.95 Å². The van der Waals surface area contributed by atoms with Crippen molar-refractivity contribution in [2.45, 2.75) is 26.7 Å². The van der Waals surface area contributed by atoms with Crippen molar-refractivity contribution in [3.63, 3.8) is 0 Å². The summed E-state index contributed by atoms with van der Waals surface area (Å²) in [5.41, 5.74) is 6.82. The van der Waals surface area contributed by atoms with Crippen molar-refractivity contribution in [3.8, 4) is 5.88 Å². The highest BCUT2D eigenvalue weighted by Crippen LogP contribution is 2.19. The summed E-state index contributed by atoms with van der Waals surface area (Å²) in [6, 6.07) is 0. The zero-order valence-electron chi connectivity index (χ0n) is 10.1. The standard InChI is InChI=1S/C11H17N5O/c1-7(2)4-3-5-17-10-8-9(14-6-13-8)15-11(12)16-10/h6-7H,3-5H2,1-2H3,(H3,12,13,14,15,16). The maximum Gasteiger partial charge on any atom is 0.245 e. The molecular weight excluding hydrogens is 218 g/mol. The zero-order chi connectivity index (χ0) is 12.3. The molecule has 0 bridgehead atoms. The lowest BCUT2D eigenvalue weighted by atomic mass is 10.1. The second-order valence-corrected chi connectivity index (χ2v) is 4.37. The Morgan fingerprint density at radius 3 is 3.00 bits per heavy atom. The van der Waals surface area contributed by atoms with Gasteiger partial charge in [-0.15, -0.1) is 0 Å². The molecule has 0 saturated heterocycles. The van der Waals surface area contributed by atoms with Gasteiger partial charge in [-0.3, -0.25) is 0 Å². The smallest absolute Gasteiger partial charge is 0.245 e. The van der Waals surface area contributed by atoms with Gasteiger partial charge in [-0.25, -0.2) is 4.98 Å². The lowest BCUT2D eigenvalue weighted by Gasteiger charge is -2.07. The second-order valence-electron chi connectivity index (χ2n) is 4.37. The summed E-state index contributed by atoms with van der Waals surface area (Å²) in [4.78, 5) is 15.0. The summed E-state index contributed by atoms with van der Waals surface area (Å²) in [5, 5.41) is 0. The highest BCUT2D eigenvalue weighted by Gasteiger charge is 2.09. The van der Waals surface area contributed by atoms with Crippen LogP contribution in [0.15, 0.2) is 6.33 Å². The van der Waals surface area contributed by atoms with Crippen molar-refractivity contribution in [3.05, 3.63) is 6.33 Å². The molecule has 0 atom stereocenters. The summed E-state index contributed by atoms with van der Waals surface area (Å²) < 4.78 is 5.61. The number of nitrogens with one attached hydrogen (secondary N) is 1. The van der Waals surface area contributed by atoms with E-state index in [2.05, 4.69) is 33.8 Å². The van der Waals surface area contributed by atoms with Crippen molar-refractivity contribution in [1.82, 2.24) is 19.9 Å². The van der Waals surface area contributed by atoms with E-state index < -0.39 is 0 Å². The number of imidazole rings is 1. The van der Waals surface area contributed by atoms with Gasteiger partial charge in [0.1, 0.15) is 5.52 Å². The molecule has 0 aliphatic carbocycles. The number of nitrogen functional groups attached to an aromatic ring is 1. The average Bonchev–Trinajstić information content (AvgIpc) is 2.71. The average molecular weight is 235 g/mol. The number of H-pyrrole nitrogens is 1. The van der Waals surface area contributed by atoms with Gasteiger partial charge in [0.25, 0.3) is 0 Å². The molecule has 6 heteroatoms. The molecule has 0 spiro atoms. The van der Waals surface area contributed by atoms with Gasteiger partial charge < -0.3 is 15.5 Å². The molecule has 2 rings (SSSR count). The SMILES string of the molecule is CC(C)CCCOc1nc(N)nc2nc[nH]c12. The molecule has 0 unspecified atom stereocenters. The maximum atomic E-state index is 5.61. The normalized spacial score (nSPS) is 11.2. The van der Waals surface area contributed by atoms with E-state index in [1.165, 1.54) is 0 Å². The first-order valence-electron chi connectivity index (χ1n) is 5.76. The lowest BCUT2D eigenvalue weighted by molar-refractivity contribution is 0.290. The monoisotopic (exact) mass is 235 g/mol. The Morgan fingerprint density at radius 1 is 1.41 bits per heavy atom. The summed E-state index contributed by atoms with van der Waals surface area (Å²) >= 11 is 0. The Labute approximate surface area is 99.6 Å². The number of rotatable bonds is 5. The topological polar surface area (TPSA) is 89.7 Å². The minimum atomic E-state index is 0.184. The van der Waals surface area contributed by atoms with Crippen molar-refractivity contribution >= 4 is 17.1 Å². The lowest BCUT2D eigenvalue weighted by Crippen LogP contribution is -2.04. The van der Waals surface area contributed by atoms with E-state index in [9.17, 15) is 0 Å². The number of anilines is 1. The predicted octanol–water partition coefficient (Wildman–Crippen LogP) is 1.75. The first kappa shape index (κ1) is 11.6. The van der Waals surface area contributed by atoms with Gasteiger partial charge in [0.2, 0.25) is 11.8 Å². The summed E-state index contributed by atoms with van der Waals surface area (Å²) in [6.07, 6.45) is 3.68.